The lowest BCUT2D eigenvalue weighted by molar-refractivity contribution is 0.189. The lowest BCUT2D eigenvalue weighted by Gasteiger charge is -2.37. The van der Waals surface area contributed by atoms with E-state index < -0.39 is 0 Å². The molecule has 2 atom stereocenters. The maximum absolute atomic E-state index is 4.58. The third kappa shape index (κ3) is 3.51. The standard InChI is InChI=1S/C13H26N2/c1-10-9-11(13(2,3)4)7-8-12(10)14-15(5)6/h10-11H,7-9H2,1-6H3/b14-12-/t10-,11+/m1/s1. The molecule has 0 unspecified atom stereocenters. The maximum Gasteiger partial charge on any atom is 0.0408 e. The molecule has 0 saturated heterocycles. The molecule has 1 saturated carbocycles. The van der Waals surface area contributed by atoms with Gasteiger partial charge in [0, 0.05) is 19.8 Å². The molecule has 0 aliphatic heterocycles. The zero-order valence-corrected chi connectivity index (χ0v) is 11.2. The molecular formula is C13H26N2. The average molecular weight is 210 g/mol. The van der Waals surface area contributed by atoms with Crippen molar-refractivity contribution in [3.8, 4) is 0 Å². The monoisotopic (exact) mass is 210 g/mol. The van der Waals surface area contributed by atoms with Crippen LogP contribution in [0.3, 0.4) is 0 Å². The van der Waals surface area contributed by atoms with Gasteiger partial charge in [0.05, 0.1) is 0 Å². The van der Waals surface area contributed by atoms with Crippen LogP contribution in [0.25, 0.3) is 0 Å². The molecule has 2 heteroatoms. The van der Waals surface area contributed by atoms with Crippen LogP contribution in [0.2, 0.25) is 0 Å². The minimum absolute atomic E-state index is 0.456. The second kappa shape index (κ2) is 4.54. The van der Waals surface area contributed by atoms with Crippen molar-refractivity contribution in [2.24, 2.45) is 22.4 Å². The molecule has 0 amide bonds. The summed E-state index contributed by atoms with van der Waals surface area (Å²) >= 11 is 0. The molecule has 0 aromatic rings. The van der Waals surface area contributed by atoms with Crippen molar-refractivity contribution >= 4 is 5.71 Å². The fourth-order valence-electron chi connectivity index (χ4n) is 2.44. The summed E-state index contributed by atoms with van der Waals surface area (Å²) in [6.45, 7) is 9.40. The van der Waals surface area contributed by atoms with Crippen LogP contribution in [0.4, 0.5) is 0 Å². The highest BCUT2D eigenvalue weighted by molar-refractivity contribution is 5.87. The van der Waals surface area contributed by atoms with Crippen LogP contribution in [0, 0.1) is 17.3 Å². The Balaban J connectivity index is 2.63. The molecule has 1 aliphatic carbocycles. The lowest BCUT2D eigenvalue weighted by Crippen LogP contribution is -2.31. The van der Waals surface area contributed by atoms with E-state index in [1.807, 2.05) is 19.1 Å². The van der Waals surface area contributed by atoms with E-state index >= 15 is 0 Å². The van der Waals surface area contributed by atoms with Crippen molar-refractivity contribution in [2.45, 2.75) is 47.0 Å². The quantitative estimate of drug-likeness (QED) is 0.606. The van der Waals surface area contributed by atoms with Gasteiger partial charge in [0.1, 0.15) is 0 Å². The summed E-state index contributed by atoms with van der Waals surface area (Å²) in [4.78, 5) is 0. The molecule has 15 heavy (non-hydrogen) atoms. The van der Waals surface area contributed by atoms with Gasteiger partial charge in [-0.05, 0) is 36.5 Å². The molecule has 88 valence electrons. The van der Waals surface area contributed by atoms with Crippen molar-refractivity contribution < 1.29 is 0 Å². The molecule has 0 aromatic carbocycles. The van der Waals surface area contributed by atoms with Gasteiger partial charge in [0.25, 0.3) is 0 Å². The fraction of sp³-hybridized carbons (Fsp3) is 0.923. The largest absolute Gasteiger partial charge is 0.303 e. The predicted octanol–water partition coefficient (Wildman–Crippen LogP) is 3.39. The van der Waals surface area contributed by atoms with Gasteiger partial charge >= 0.3 is 0 Å². The van der Waals surface area contributed by atoms with Crippen LogP contribution in [0.15, 0.2) is 5.10 Å². The first-order chi connectivity index (χ1) is 6.80. The molecule has 1 fully saturated rings. The average Bonchev–Trinajstić information content (AvgIpc) is 2.05. The van der Waals surface area contributed by atoms with Gasteiger partial charge in [0.15, 0.2) is 0 Å². The zero-order chi connectivity index (χ0) is 11.6. The van der Waals surface area contributed by atoms with Crippen LogP contribution in [-0.4, -0.2) is 24.8 Å². The van der Waals surface area contributed by atoms with E-state index in [9.17, 15) is 0 Å². The first-order valence-electron chi connectivity index (χ1n) is 6.05. The van der Waals surface area contributed by atoms with E-state index in [0.29, 0.717) is 11.3 Å². The highest BCUT2D eigenvalue weighted by Gasteiger charge is 2.31. The van der Waals surface area contributed by atoms with Crippen LogP contribution in [0.5, 0.6) is 0 Å². The molecule has 2 nitrogen and oxygen atoms in total. The number of rotatable bonds is 1. The molecule has 0 spiro atoms. The highest BCUT2D eigenvalue weighted by Crippen LogP contribution is 2.39. The number of hydrazone groups is 1. The van der Waals surface area contributed by atoms with E-state index in [-0.39, 0.29) is 0 Å². The molecule has 0 N–H and O–H groups in total. The van der Waals surface area contributed by atoms with E-state index in [0.717, 1.165) is 5.92 Å². The van der Waals surface area contributed by atoms with Crippen molar-refractivity contribution in [2.75, 3.05) is 14.1 Å². The van der Waals surface area contributed by atoms with Crippen molar-refractivity contribution in [1.29, 1.82) is 0 Å². The van der Waals surface area contributed by atoms with Gasteiger partial charge < -0.3 is 5.01 Å². The van der Waals surface area contributed by atoms with Crippen LogP contribution < -0.4 is 0 Å². The highest BCUT2D eigenvalue weighted by atomic mass is 15.4. The Hall–Kier alpha value is -0.530. The molecule has 1 rings (SSSR count). The Bertz CT molecular complexity index is 235. The summed E-state index contributed by atoms with van der Waals surface area (Å²) in [5.41, 5.74) is 1.85. The summed E-state index contributed by atoms with van der Waals surface area (Å²) in [6.07, 6.45) is 3.79. The van der Waals surface area contributed by atoms with Crippen molar-refractivity contribution in [3.05, 3.63) is 0 Å². The summed E-state index contributed by atoms with van der Waals surface area (Å²) < 4.78 is 0. The summed E-state index contributed by atoms with van der Waals surface area (Å²) in [5, 5.41) is 6.52. The van der Waals surface area contributed by atoms with Crippen LogP contribution in [-0.2, 0) is 0 Å². The predicted molar refractivity (Wildman–Crippen MR) is 67.1 cm³/mol. The first-order valence-corrected chi connectivity index (χ1v) is 6.05. The molecule has 0 bridgehead atoms. The SMILES string of the molecule is C[C@@H]1C[C@@H](C(C)(C)C)CC/C1=N/N(C)C. The smallest absolute Gasteiger partial charge is 0.0408 e. The minimum Gasteiger partial charge on any atom is -0.303 e. The van der Waals surface area contributed by atoms with E-state index in [4.69, 9.17) is 0 Å². The number of hydrogen-bond acceptors (Lipinski definition) is 2. The first kappa shape index (κ1) is 12.5. The third-order valence-electron chi connectivity index (χ3n) is 3.51. The molecule has 0 aromatic heterocycles. The number of nitrogens with zero attached hydrogens (tertiary/aromatic N) is 2. The lowest BCUT2D eigenvalue weighted by atomic mass is 9.69. The van der Waals surface area contributed by atoms with Crippen molar-refractivity contribution in [3.63, 3.8) is 0 Å². The Morgan fingerprint density at radius 1 is 1.27 bits per heavy atom. The number of hydrogen-bond donors (Lipinski definition) is 0. The summed E-state index contributed by atoms with van der Waals surface area (Å²) in [5.74, 6) is 1.51. The molecule has 0 heterocycles. The van der Waals surface area contributed by atoms with Gasteiger partial charge in [-0.2, -0.15) is 5.10 Å². The van der Waals surface area contributed by atoms with Crippen LogP contribution >= 0.6 is 0 Å². The Kier molecular flexibility index (Phi) is 3.80. The molecule has 1 aliphatic rings. The molecule has 0 radical (unpaired) electrons. The van der Waals surface area contributed by atoms with E-state index in [1.54, 1.807) is 0 Å². The maximum atomic E-state index is 4.58. The fourth-order valence-corrected chi connectivity index (χ4v) is 2.44. The van der Waals surface area contributed by atoms with Gasteiger partial charge in [0.2, 0.25) is 0 Å². The van der Waals surface area contributed by atoms with E-state index in [1.165, 1.54) is 25.0 Å². The normalized spacial score (nSPS) is 30.7. The van der Waals surface area contributed by atoms with E-state index in [2.05, 4.69) is 32.8 Å². The third-order valence-corrected chi connectivity index (χ3v) is 3.51. The summed E-state index contributed by atoms with van der Waals surface area (Å²) in [7, 11) is 4.02. The second-order valence-electron chi connectivity index (χ2n) is 6.18. The van der Waals surface area contributed by atoms with Gasteiger partial charge in [-0.3, -0.25) is 0 Å². The second-order valence-corrected chi connectivity index (χ2v) is 6.18. The summed E-state index contributed by atoms with van der Waals surface area (Å²) in [6, 6.07) is 0. The molecular weight excluding hydrogens is 184 g/mol. The zero-order valence-electron chi connectivity index (χ0n) is 11.2. The Morgan fingerprint density at radius 2 is 1.87 bits per heavy atom. The minimum atomic E-state index is 0.456. The van der Waals surface area contributed by atoms with Crippen LogP contribution in [0.1, 0.15) is 47.0 Å². The van der Waals surface area contributed by atoms with Crippen molar-refractivity contribution in [1.82, 2.24) is 5.01 Å². The topological polar surface area (TPSA) is 15.6 Å². The van der Waals surface area contributed by atoms with Gasteiger partial charge in [-0.1, -0.05) is 27.7 Å². The van der Waals surface area contributed by atoms with Gasteiger partial charge in [-0.25, -0.2) is 0 Å². The Labute approximate surface area is 94.7 Å². The Morgan fingerprint density at radius 3 is 2.27 bits per heavy atom. The van der Waals surface area contributed by atoms with Gasteiger partial charge in [-0.15, -0.1) is 0 Å².